The van der Waals surface area contributed by atoms with Crippen molar-refractivity contribution in [2.24, 2.45) is 5.10 Å². The van der Waals surface area contributed by atoms with Crippen molar-refractivity contribution in [1.82, 2.24) is 5.01 Å². The van der Waals surface area contributed by atoms with Gasteiger partial charge in [-0.3, -0.25) is 5.01 Å². The summed E-state index contributed by atoms with van der Waals surface area (Å²) < 4.78 is 0. The highest BCUT2D eigenvalue weighted by atomic mass is 15.4. The zero-order valence-corrected chi connectivity index (χ0v) is 5.52. The second-order valence-corrected chi connectivity index (χ2v) is 1.91. The highest BCUT2D eigenvalue weighted by Gasteiger charge is 1.87. The van der Waals surface area contributed by atoms with E-state index in [2.05, 4.69) is 18.4 Å². The Morgan fingerprint density at radius 3 is 2.38 bits per heavy atom. The van der Waals surface area contributed by atoms with E-state index in [9.17, 15) is 0 Å². The van der Waals surface area contributed by atoms with Crippen LogP contribution in [0.4, 0.5) is 0 Å². The lowest BCUT2D eigenvalue weighted by Gasteiger charge is -2.09. The van der Waals surface area contributed by atoms with Crippen molar-refractivity contribution in [2.75, 3.05) is 13.6 Å². The Hall–Kier alpha value is -0.790. The minimum absolute atomic E-state index is 0.795. The third-order valence-electron chi connectivity index (χ3n) is 0.740. The number of nitrogens with zero attached hydrogens (tertiary/aromatic N) is 2. The lowest BCUT2D eigenvalue weighted by Crippen LogP contribution is -2.11. The number of hydrogen-bond donors (Lipinski definition) is 0. The van der Waals surface area contributed by atoms with Gasteiger partial charge in [0.15, 0.2) is 0 Å². The molecule has 0 aliphatic carbocycles. The standard InChI is InChI=1S/C6H12N2/c1-6(2)5-8(4)7-3/h1,3,5H2,2,4H3. The van der Waals surface area contributed by atoms with Crippen molar-refractivity contribution in [3.05, 3.63) is 12.2 Å². The largest absolute Gasteiger partial charge is 0.297 e. The van der Waals surface area contributed by atoms with Crippen molar-refractivity contribution >= 4 is 6.72 Å². The van der Waals surface area contributed by atoms with Crippen molar-refractivity contribution in [3.63, 3.8) is 0 Å². The summed E-state index contributed by atoms with van der Waals surface area (Å²) in [6.45, 7) is 9.82. The van der Waals surface area contributed by atoms with Crippen LogP contribution < -0.4 is 0 Å². The second-order valence-electron chi connectivity index (χ2n) is 1.91. The van der Waals surface area contributed by atoms with Crippen molar-refractivity contribution < 1.29 is 0 Å². The van der Waals surface area contributed by atoms with Crippen LogP contribution in [0.15, 0.2) is 17.3 Å². The van der Waals surface area contributed by atoms with E-state index in [-0.39, 0.29) is 0 Å². The molecule has 0 unspecified atom stereocenters. The number of rotatable bonds is 3. The molecule has 0 aliphatic rings. The SMILES string of the molecule is C=NN(C)CC(=C)C. The maximum absolute atomic E-state index is 3.71. The summed E-state index contributed by atoms with van der Waals surface area (Å²) in [5.74, 6) is 0. The Kier molecular flexibility index (Phi) is 2.92. The Morgan fingerprint density at radius 1 is 1.75 bits per heavy atom. The van der Waals surface area contributed by atoms with E-state index < -0.39 is 0 Å². The first-order valence-corrected chi connectivity index (χ1v) is 2.49. The Balaban J connectivity index is 3.38. The van der Waals surface area contributed by atoms with Crippen molar-refractivity contribution in [1.29, 1.82) is 0 Å². The molecular formula is C6H12N2. The van der Waals surface area contributed by atoms with Crippen LogP contribution in [0.5, 0.6) is 0 Å². The van der Waals surface area contributed by atoms with Crippen LogP contribution in [0.3, 0.4) is 0 Å². The lowest BCUT2D eigenvalue weighted by molar-refractivity contribution is 0.390. The maximum Gasteiger partial charge on any atom is 0.0561 e. The third-order valence-corrected chi connectivity index (χ3v) is 0.740. The molecule has 0 aromatic rings. The van der Waals surface area contributed by atoms with Gasteiger partial charge in [-0.25, -0.2) is 0 Å². The van der Waals surface area contributed by atoms with Crippen molar-refractivity contribution in [2.45, 2.75) is 6.92 Å². The van der Waals surface area contributed by atoms with Crippen LogP contribution >= 0.6 is 0 Å². The van der Waals surface area contributed by atoms with Gasteiger partial charge in [-0.05, 0) is 6.92 Å². The summed E-state index contributed by atoms with van der Waals surface area (Å²) in [4.78, 5) is 0. The fourth-order valence-electron chi connectivity index (χ4n) is 0.441. The minimum Gasteiger partial charge on any atom is -0.297 e. The van der Waals surface area contributed by atoms with Gasteiger partial charge in [0.2, 0.25) is 0 Å². The normalized spacial score (nSPS) is 8.25. The minimum atomic E-state index is 0.795. The number of likely N-dealkylation sites (N-methyl/N-ethyl adjacent to an activating group) is 1. The van der Waals surface area contributed by atoms with E-state index in [0.717, 1.165) is 12.1 Å². The average molecular weight is 112 g/mol. The van der Waals surface area contributed by atoms with E-state index in [1.807, 2.05) is 14.0 Å². The van der Waals surface area contributed by atoms with Crippen LogP contribution in [0.2, 0.25) is 0 Å². The molecule has 0 spiro atoms. The molecule has 0 fully saturated rings. The van der Waals surface area contributed by atoms with Crippen LogP contribution in [0.1, 0.15) is 6.92 Å². The molecule has 0 radical (unpaired) electrons. The maximum atomic E-state index is 3.71. The molecule has 0 N–H and O–H groups in total. The molecule has 0 aliphatic heterocycles. The molecular weight excluding hydrogens is 100 g/mol. The molecule has 0 saturated heterocycles. The highest BCUT2D eigenvalue weighted by Crippen LogP contribution is 1.89. The molecule has 2 nitrogen and oxygen atoms in total. The fraction of sp³-hybridized carbons (Fsp3) is 0.500. The predicted octanol–water partition coefficient (Wildman–Crippen LogP) is 1.11. The molecule has 0 amide bonds. The summed E-state index contributed by atoms with van der Waals surface area (Å²) in [6, 6.07) is 0. The smallest absolute Gasteiger partial charge is 0.0561 e. The Labute approximate surface area is 50.5 Å². The summed E-state index contributed by atoms with van der Waals surface area (Å²) >= 11 is 0. The quantitative estimate of drug-likeness (QED) is 0.303. The summed E-state index contributed by atoms with van der Waals surface area (Å²) in [5.41, 5.74) is 1.10. The second kappa shape index (κ2) is 3.24. The van der Waals surface area contributed by atoms with Crippen LogP contribution in [0, 0.1) is 0 Å². The zero-order chi connectivity index (χ0) is 6.57. The van der Waals surface area contributed by atoms with Gasteiger partial charge in [0.25, 0.3) is 0 Å². The number of hydrazone groups is 1. The predicted molar refractivity (Wildman–Crippen MR) is 37.0 cm³/mol. The fourth-order valence-corrected chi connectivity index (χ4v) is 0.441. The zero-order valence-electron chi connectivity index (χ0n) is 5.52. The third kappa shape index (κ3) is 3.40. The summed E-state index contributed by atoms with van der Waals surface area (Å²) in [5, 5.41) is 5.39. The molecule has 0 heterocycles. The topological polar surface area (TPSA) is 15.6 Å². The van der Waals surface area contributed by atoms with E-state index in [0.29, 0.717) is 0 Å². The van der Waals surface area contributed by atoms with Crippen molar-refractivity contribution in [3.8, 4) is 0 Å². The Bertz CT molecular complexity index is 96.7. The van der Waals surface area contributed by atoms with Crippen LogP contribution in [0.25, 0.3) is 0 Å². The van der Waals surface area contributed by atoms with Crippen LogP contribution in [-0.2, 0) is 0 Å². The Morgan fingerprint density at radius 2 is 2.25 bits per heavy atom. The molecule has 0 bridgehead atoms. The van der Waals surface area contributed by atoms with E-state index in [1.165, 1.54) is 0 Å². The van der Waals surface area contributed by atoms with Gasteiger partial charge < -0.3 is 0 Å². The van der Waals surface area contributed by atoms with Gasteiger partial charge in [0.05, 0.1) is 6.54 Å². The first kappa shape index (κ1) is 7.21. The molecule has 8 heavy (non-hydrogen) atoms. The number of hydrogen-bond acceptors (Lipinski definition) is 2. The molecule has 2 heteroatoms. The molecule has 0 rings (SSSR count). The molecule has 0 atom stereocenters. The van der Waals surface area contributed by atoms with Gasteiger partial charge in [-0.2, -0.15) is 5.10 Å². The first-order valence-electron chi connectivity index (χ1n) is 2.49. The molecule has 46 valence electrons. The van der Waals surface area contributed by atoms with Gasteiger partial charge >= 0.3 is 0 Å². The van der Waals surface area contributed by atoms with E-state index in [4.69, 9.17) is 0 Å². The van der Waals surface area contributed by atoms with Gasteiger partial charge in [0.1, 0.15) is 0 Å². The lowest BCUT2D eigenvalue weighted by atomic mass is 10.3. The summed E-state index contributed by atoms with van der Waals surface area (Å²) in [7, 11) is 1.86. The molecule has 0 aromatic heterocycles. The van der Waals surface area contributed by atoms with Gasteiger partial charge in [-0.1, -0.05) is 12.2 Å². The van der Waals surface area contributed by atoms with Gasteiger partial charge in [0, 0.05) is 13.8 Å². The monoisotopic (exact) mass is 112 g/mol. The van der Waals surface area contributed by atoms with E-state index in [1.54, 1.807) is 5.01 Å². The first-order chi connectivity index (χ1) is 3.66. The highest BCUT2D eigenvalue weighted by molar-refractivity contribution is 5.22. The average Bonchev–Trinajstić information content (AvgIpc) is 1.65. The molecule has 0 aromatic carbocycles. The van der Waals surface area contributed by atoms with E-state index >= 15 is 0 Å². The summed E-state index contributed by atoms with van der Waals surface area (Å²) in [6.07, 6.45) is 0. The molecule has 0 saturated carbocycles. The van der Waals surface area contributed by atoms with Crippen LogP contribution in [-0.4, -0.2) is 25.3 Å². The van der Waals surface area contributed by atoms with Gasteiger partial charge in [-0.15, -0.1) is 0 Å².